The van der Waals surface area contributed by atoms with Crippen molar-refractivity contribution >= 4 is 18.3 Å². The molecule has 1 amide bonds. The lowest BCUT2D eigenvalue weighted by Crippen LogP contribution is -2.45. The molecule has 3 N–H and O–H groups in total. The first-order chi connectivity index (χ1) is 10.9. The summed E-state index contributed by atoms with van der Waals surface area (Å²) >= 11 is 0. The molecule has 0 saturated heterocycles. The van der Waals surface area contributed by atoms with Gasteiger partial charge in [0.1, 0.15) is 0 Å². The van der Waals surface area contributed by atoms with Gasteiger partial charge in [-0.15, -0.1) is 12.4 Å². The predicted molar refractivity (Wildman–Crippen MR) is 100 cm³/mol. The molecule has 0 radical (unpaired) electrons. The van der Waals surface area contributed by atoms with Gasteiger partial charge in [-0.25, -0.2) is 0 Å². The van der Waals surface area contributed by atoms with E-state index >= 15 is 0 Å². The molecule has 0 spiro atoms. The average Bonchev–Trinajstić information content (AvgIpc) is 2.57. The Morgan fingerprint density at radius 3 is 2.38 bits per heavy atom. The second kappa shape index (κ2) is 11.2. The summed E-state index contributed by atoms with van der Waals surface area (Å²) < 4.78 is 10.6. The lowest BCUT2D eigenvalue weighted by Gasteiger charge is -2.20. The molecule has 3 atom stereocenters. The number of ether oxygens (including phenoxy) is 2. The summed E-state index contributed by atoms with van der Waals surface area (Å²) in [7, 11) is 3.25. The summed E-state index contributed by atoms with van der Waals surface area (Å²) in [5.41, 5.74) is 7.09. The maximum absolute atomic E-state index is 12.0. The lowest BCUT2D eigenvalue weighted by molar-refractivity contribution is -0.123. The minimum absolute atomic E-state index is 0. The molecule has 3 unspecified atom stereocenters. The molecule has 0 aliphatic rings. The van der Waals surface area contributed by atoms with Crippen molar-refractivity contribution < 1.29 is 14.3 Å². The molecule has 6 heteroatoms. The third kappa shape index (κ3) is 6.57. The molecule has 0 saturated carbocycles. The number of nitrogens with one attached hydrogen (secondary N) is 1. The zero-order valence-electron chi connectivity index (χ0n) is 15.3. The normalized spacial score (nSPS) is 14.1. The summed E-state index contributed by atoms with van der Waals surface area (Å²) in [4.78, 5) is 12.0. The molecule has 1 aromatic carbocycles. The highest BCUT2D eigenvalue weighted by Gasteiger charge is 2.19. The van der Waals surface area contributed by atoms with Crippen LogP contribution in [0.5, 0.6) is 11.5 Å². The highest BCUT2D eigenvalue weighted by molar-refractivity contribution is 5.85. The van der Waals surface area contributed by atoms with Crippen molar-refractivity contribution in [2.75, 3.05) is 20.8 Å². The van der Waals surface area contributed by atoms with Crippen molar-refractivity contribution in [2.24, 2.45) is 17.6 Å². The molecule has 0 aliphatic heterocycles. The van der Waals surface area contributed by atoms with E-state index in [4.69, 9.17) is 15.2 Å². The molecule has 0 heterocycles. The Kier molecular flexibility index (Phi) is 10.5. The molecule has 0 aromatic heterocycles. The number of benzene rings is 1. The van der Waals surface area contributed by atoms with E-state index in [0.29, 0.717) is 12.5 Å². The number of nitrogens with two attached hydrogens (primary N) is 1. The standard InChI is InChI=1S/C18H30N2O3.ClH/c1-6-13(3)17(19)18(21)20-11-12(2)9-14-7-8-15(22-4)16(10-14)23-5;/h7-8,10,12-13,17H,6,9,11,19H2,1-5H3,(H,20,21);1H. The van der Waals surface area contributed by atoms with E-state index in [1.165, 1.54) is 0 Å². The number of hydrogen-bond acceptors (Lipinski definition) is 4. The van der Waals surface area contributed by atoms with Gasteiger partial charge in [-0.05, 0) is 36.0 Å². The van der Waals surface area contributed by atoms with E-state index in [9.17, 15) is 4.79 Å². The Balaban J connectivity index is 0.00000529. The predicted octanol–water partition coefficient (Wildman–Crippen LogP) is 2.79. The van der Waals surface area contributed by atoms with Gasteiger partial charge in [0.2, 0.25) is 5.91 Å². The van der Waals surface area contributed by atoms with Crippen LogP contribution in [0.4, 0.5) is 0 Å². The molecular weight excluding hydrogens is 328 g/mol. The van der Waals surface area contributed by atoms with Crippen LogP contribution in [-0.4, -0.2) is 32.7 Å². The second-order valence-electron chi connectivity index (χ2n) is 6.16. The molecule has 138 valence electrons. The monoisotopic (exact) mass is 358 g/mol. The summed E-state index contributed by atoms with van der Waals surface area (Å²) in [5, 5.41) is 2.95. The fourth-order valence-corrected chi connectivity index (χ4v) is 2.39. The molecule has 5 nitrogen and oxygen atoms in total. The van der Waals surface area contributed by atoms with Crippen LogP contribution in [0.15, 0.2) is 18.2 Å². The Morgan fingerprint density at radius 2 is 1.83 bits per heavy atom. The summed E-state index contributed by atoms with van der Waals surface area (Å²) in [5.74, 6) is 1.87. The number of hydrogen-bond donors (Lipinski definition) is 2. The molecular formula is C18H31ClN2O3. The number of carbonyl (C=O) groups is 1. The smallest absolute Gasteiger partial charge is 0.237 e. The Labute approximate surface area is 151 Å². The van der Waals surface area contributed by atoms with E-state index in [1.807, 2.05) is 32.0 Å². The molecule has 0 fully saturated rings. The fourth-order valence-electron chi connectivity index (χ4n) is 2.39. The third-order valence-corrected chi connectivity index (χ3v) is 4.22. The van der Waals surface area contributed by atoms with Crippen LogP contribution in [-0.2, 0) is 11.2 Å². The van der Waals surface area contributed by atoms with Crippen molar-refractivity contribution in [3.05, 3.63) is 23.8 Å². The van der Waals surface area contributed by atoms with Crippen molar-refractivity contribution in [1.29, 1.82) is 0 Å². The van der Waals surface area contributed by atoms with Gasteiger partial charge in [0.05, 0.1) is 20.3 Å². The minimum Gasteiger partial charge on any atom is -0.493 e. The lowest BCUT2D eigenvalue weighted by atomic mass is 9.98. The number of halogens is 1. The first-order valence-electron chi connectivity index (χ1n) is 8.17. The number of methoxy groups -OCH3 is 2. The van der Waals surface area contributed by atoms with Gasteiger partial charge in [0.25, 0.3) is 0 Å². The van der Waals surface area contributed by atoms with Gasteiger partial charge < -0.3 is 20.5 Å². The van der Waals surface area contributed by atoms with Crippen LogP contribution in [0, 0.1) is 11.8 Å². The van der Waals surface area contributed by atoms with Crippen molar-refractivity contribution in [3.63, 3.8) is 0 Å². The first kappa shape index (κ1) is 22.5. The maximum atomic E-state index is 12.0. The first-order valence-corrected chi connectivity index (χ1v) is 8.17. The van der Waals surface area contributed by atoms with Crippen LogP contribution >= 0.6 is 12.4 Å². The van der Waals surface area contributed by atoms with E-state index in [1.54, 1.807) is 14.2 Å². The number of amides is 1. The Morgan fingerprint density at radius 1 is 1.21 bits per heavy atom. The van der Waals surface area contributed by atoms with Crippen LogP contribution in [0.25, 0.3) is 0 Å². The van der Waals surface area contributed by atoms with Gasteiger partial charge in [-0.2, -0.15) is 0 Å². The van der Waals surface area contributed by atoms with Gasteiger partial charge in [-0.1, -0.05) is 33.3 Å². The van der Waals surface area contributed by atoms with Crippen molar-refractivity contribution in [2.45, 2.75) is 39.7 Å². The van der Waals surface area contributed by atoms with Crippen molar-refractivity contribution in [1.82, 2.24) is 5.32 Å². The Bertz CT molecular complexity index is 511. The fraction of sp³-hybridized carbons (Fsp3) is 0.611. The molecule has 1 rings (SSSR count). The van der Waals surface area contributed by atoms with Gasteiger partial charge in [-0.3, -0.25) is 4.79 Å². The average molecular weight is 359 g/mol. The van der Waals surface area contributed by atoms with E-state index in [0.717, 1.165) is 29.9 Å². The molecule has 24 heavy (non-hydrogen) atoms. The van der Waals surface area contributed by atoms with E-state index < -0.39 is 6.04 Å². The van der Waals surface area contributed by atoms with Crippen LogP contribution in [0.1, 0.15) is 32.8 Å². The van der Waals surface area contributed by atoms with Gasteiger partial charge in [0, 0.05) is 6.54 Å². The molecule has 1 aromatic rings. The van der Waals surface area contributed by atoms with E-state index in [-0.39, 0.29) is 24.2 Å². The minimum atomic E-state index is -0.437. The summed E-state index contributed by atoms with van der Waals surface area (Å²) in [6.45, 7) is 6.75. The highest BCUT2D eigenvalue weighted by Crippen LogP contribution is 2.28. The summed E-state index contributed by atoms with van der Waals surface area (Å²) in [6.07, 6.45) is 1.75. The van der Waals surface area contributed by atoms with E-state index in [2.05, 4.69) is 12.2 Å². The number of rotatable bonds is 9. The highest BCUT2D eigenvalue weighted by atomic mass is 35.5. The Hall–Kier alpha value is -1.46. The number of carbonyl (C=O) groups excluding carboxylic acids is 1. The topological polar surface area (TPSA) is 73.6 Å². The van der Waals surface area contributed by atoms with Crippen LogP contribution < -0.4 is 20.5 Å². The quantitative estimate of drug-likeness (QED) is 0.711. The maximum Gasteiger partial charge on any atom is 0.237 e. The SMILES string of the molecule is CCC(C)C(N)C(=O)NCC(C)Cc1ccc(OC)c(OC)c1.Cl. The van der Waals surface area contributed by atoms with Crippen LogP contribution in [0.2, 0.25) is 0 Å². The van der Waals surface area contributed by atoms with Gasteiger partial charge >= 0.3 is 0 Å². The largest absolute Gasteiger partial charge is 0.493 e. The zero-order chi connectivity index (χ0) is 17.4. The zero-order valence-corrected chi connectivity index (χ0v) is 16.1. The van der Waals surface area contributed by atoms with Gasteiger partial charge in [0.15, 0.2) is 11.5 Å². The van der Waals surface area contributed by atoms with Crippen molar-refractivity contribution in [3.8, 4) is 11.5 Å². The third-order valence-electron chi connectivity index (χ3n) is 4.22. The van der Waals surface area contributed by atoms with Crippen LogP contribution in [0.3, 0.4) is 0 Å². The summed E-state index contributed by atoms with van der Waals surface area (Å²) in [6, 6.07) is 5.46. The second-order valence-corrected chi connectivity index (χ2v) is 6.16. The molecule has 0 aliphatic carbocycles. The molecule has 0 bridgehead atoms.